The number of ether oxygens (including phenoxy) is 1. The van der Waals surface area contributed by atoms with E-state index in [1.54, 1.807) is 0 Å². The summed E-state index contributed by atoms with van der Waals surface area (Å²) in [4.78, 5) is 40.7. The average Bonchev–Trinajstić information content (AvgIpc) is 3.35. The highest BCUT2D eigenvalue weighted by atomic mass is 16.6. The molecule has 0 aliphatic carbocycles. The van der Waals surface area contributed by atoms with E-state index in [2.05, 4.69) is 6.92 Å². The zero-order chi connectivity index (χ0) is 23.4. The summed E-state index contributed by atoms with van der Waals surface area (Å²) < 4.78 is 5.59. The standard InChI is InChI=1S/C25H27N3O5/c1-2-3-16-33-17-6-14-27-24(29)22(19-9-11-20(12-10-19)28(31)32)23(25(27)30)26-15-13-18-7-4-5-8-21(18)26/h4-5,7-12H,2-3,6,13-17H2,1H3. The minimum absolute atomic E-state index is 0.0646. The quantitative estimate of drug-likeness (QED) is 0.236. The Kier molecular flexibility index (Phi) is 6.84. The Bertz CT molecular complexity index is 1090. The number of fused-ring (bicyclic) bond motifs is 1. The zero-order valence-corrected chi connectivity index (χ0v) is 18.7. The number of para-hydroxylation sites is 1. The number of carbonyl (C=O) groups excluding carboxylic acids is 2. The molecule has 0 saturated heterocycles. The average molecular weight is 450 g/mol. The number of nitro groups is 1. The molecule has 0 saturated carbocycles. The van der Waals surface area contributed by atoms with Crippen LogP contribution in [0.3, 0.4) is 0 Å². The molecule has 2 aromatic rings. The molecule has 0 N–H and O–H groups in total. The first kappa shape index (κ1) is 22.7. The Labute approximate surface area is 192 Å². The lowest BCUT2D eigenvalue weighted by molar-refractivity contribution is -0.384. The molecule has 0 atom stereocenters. The molecule has 172 valence electrons. The largest absolute Gasteiger partial charge is 0.381 e. The van der Waals surface area contributed by atoms with Gasteiger partial charge < -0.3 is 9.64 Å². The molecular formula is C25H27N3O5. The van der Waals surface area contributed by atoms with Crippen molar-refractivity contribution in [2.75, 3.05) is 31.2 Å². The van der Waals surface area contributed by atoms with Crippen molar-refractivity contribution < 1.29 is 19.2 Å². The first-order valence-corrected chi connectivity index (χ1v) is 11.3. The number of anilines is 1. The Balaban J connectivity index is 1.64. The van der Waals surface area contributed by atoms with Crippen LogP contribution < -0.4 is 4.90 Å². The Morgan fingerprint density at radius 2 is 1.73 bits per heavy atom. The van der Waals surface area contributed by atoms with Gasteiger partial charge in [0.2, 0.25) is 0 Å². The van der Waals surface area contributed by atoms with E-state index >= 15 is 0 Å². The van der Waals surface area contributed by atoms with E-state index < -0.39 is 4.92 Å². The minimum Gasteiger partial charge on any atom is -0.381 e. The second-order valence-electron chi connectivity index (χ2n) is 8.14. The lowest BCUT2D eigenvalue weighted by atomic mass is 10.0. The van der Waals surface area contributed by atoms with Crippen LogP contribution in [0.15, 0.2) is 54.2 Å². The van der Waals surface area contributed by atoms with Crippen LogP contribution >= 0.6 is 0 Å². The molecule has 0 spiro atoms. The minimum atomic E-state index is -0.484. The molecule has 2 aliphatic heterocycles. The van der Waals surface area contributed by atoms with E-state index in [4.69, 9.17) is 4.74 Å². The van der Waals surface area contributed by atoms with Crippen LogP contribution in [0, 0.1) is 10.1 Å². The van der Waals surface area contributed by atoms with Gasteiger partial charge in [0, 0.05) is 44.1 Å². The van der Waals surface area contributed by atoms with E-state index in [1.807, 2.05) is 29.2 Å². The topological polar surface area (TPSA) is 93.0 Å². The maximum absolute atomic E-state index is 13.5. The van der Waals surface area contributed by atoms with Gasteiger partial charge in [0.25, 0.3) is 17.5 Å². The number of hydrogen-bond donors (Lipinski definition) is 0. The van der Waals surface area contributed by atoms with Gasteiger partial charge in [-0.3, -0.25) is 24.6 Å². The molecule has 0 aromatic heterocycles. The smallest absolute Gasteiger partial charge is 0.278 e. The van der Waals surface area contributed by atoms with Gasteiger partial charge in [-0.2, -0.15) is 0 Å². The molecule has 2 amide bonds. The van der Waals surface area contributed by atoms with Crippen molar-refractivity contribution in [3.63, 3.8) is 0 Å². The molecule has 0 radical (unpaired) electrons. The van der Waals surface area contributed by atoms with Gasteiger partial charge >= 0.3 is 0 Å². The zero-order valence-electron chi connectivity index (χ0n) is 18.7. The number of imide groups is 1. The molecule has 2 heterocycles. The van der Waals surface area contributed by atoms with Crippen LogP contribution in [-0.4, -0.2) is 47.9 Å². The Morgan fingerprint density at radius 3 is 2.45 bits per heavy atom. The van der Waals surface area contributed by atoms with Crippen LogP contribution in [-0.2, 0) is 20.7 Å². The number of non-ortho nitro benzene ring substituents is 1. The van der Waals surface area contributed by atoms with Crippen LogP contribution in [0.2, 0.25) is 0 Å². The van der Waals surface area contributed by atoms with E-state index in [1.165, 1.54) is 29.2 Å². The fraction of sp³-hybridized carbons (Fsp3) is 0.360. The number of hydrogen-bond acceptors (Lipinski definition) is 6. The van der Waals surface area contributed by atoms with Gasteiger partial charge in [-0.15, -0.1) is 0 Å². The van der Waals surface area contributed by atoms with Crippen molar-refractivity contribution in [3.05, 3.63) is 75.5 Å². The van der Waals surface area contributed by atoms with E-state index in [-0.39, 0.29) is 24.0 Å². The molecule has 0 unspecified atom stereocenters. The highest BCUT2D eigenvalue weighted by Crippen LogP contribution is 2.38. The highest BCUT2D eigenvalue weighted by molar-refractivity contribution is 6.36. The van der Waals surface area contributed by atoms with E-state index in [0.717, 1.165) is 30.5 Å². The third-order valence-electron chi connectivity index (χ3n) is 5.98. The molecule has 8 nitrogen and oxygen atoms in total. The summed E-state index contributed by atoms with van der Waals surface area (Å²) in [5.41, 5.74) is 3.10. The summed E-state index contributed by atoms with van der Waals surface area (Å²) in [7, 11) is 0. The molecule has 4 rings (SSSR count). The normalized spacial score (nSPS) is 15.5. The van der Waals surface area contributed by atoms with Crippen LogP contribution in [0.4, 0.5) is 11.4 Å². The summed E-state index contributed by atoms with van der Waals surface area (Å²) in [6.07, 6.45) is 3.36. The van der Waals surface area contributed by atoms with Crippen molar-refractivity contribution in [1.29, 1.82) is 0 Å². The fourth-order valence-electron chi connectivity index (χ4n) is 4.27. The Hall–Kier alpha value is -3.52. The van der Waals surface area contributed by atoms with Crippen molar-refractivity contribution in [3.8, 4) is 0 Å². The molecule has 2 aromatic carbocycles. The van der Waals surface area contributed by atoms with Gasteiger partial charge in [-0.1, -0.05) is 31.5 Å². The predicted octanol–water partition coefficient (Wildman–Crippen LogP) is 3.94. The highest BCUT2D eigenvalue weighted by Gasteiger charge is 2.43. The van der Waals surface area contributed by atoms with Crippen LogP contribution in [0.25, 0.3) is 5.57 Å². The lowest BCUT2D eigenvalue weighted by Gasteiger charge is -2.21. The van der Waals surface area contributed by atoms with Gasteiger partial charge in [-0.05, 0) is 48.6 Å². The summed E-state index contributed by atoms with van der Waals surface area (Å²) in [6.45, 7) is 4.10. The van der Waals surface area contributed by atoms with Crippen molar-refractivity contribution >= 4 is 28.8 Å². The van der Waals surface area contributed by atoms with Crippen LogP contribution in [0.5, 0.6) is 0 Å². The second-order valence-corrected chi connectivity index (χ2v) is 8.14. The summed E-state index contributed by atoms with van der Waals surface area (Å²) in [5.74, 6) is -0.708. The van der Waals surface area contributed by atoms with Crippen molar-refractivity contribution in [1.82, 2.24) is 4.90 Å². The SMILES string of the molecule is CCCCOCCCN1C(=O)C(c2ccc([N+](=O)[O-])cc2)=C(N2CCc3ccccc32)C1=O. The van der Waals surface area contributed by atoms with E-state index in [9.17, 15) is 19.7 Å². The molecular weight excluding hydrogens is 422 g/mol. The maximum atomic E-state index is 13.5. The third kappa shape index (κ3) is 4.52. The molecule has 0 fully saturated rings. The summed E-state index contributed by atoms with van der Waals surface area (Å²) >= 11 is 0. The molecule has 33 heavy (non-hydrogen) atoms. The van der Waals surface area contributed by atoms with Gasteiger partial charge in [0.15, 0.2) is 0 Å². The predicted molar refractivity (Wildman–Crippen MR) is 125 cm³/mol. The van der Waals surface area contributed by atoms with Crippen molar-refractivity contribution in [2.45, 2.75) is 32.6 Å². The van der Waals surface area contributed by atoms with E-state index in [0.29, 0.717) is 43.0 Å². The second kappa shape index (κ2) is 9.95. The van der Waals surface area contributed by atoms with Crippen LogP contribution in [0.1, 0.15) is 37.3 Å². The lowest BCUT2D eigenvalue weighted by Crippen LogP contribution is -2.36. The summed E-state index contributed by atoms with van der Waals surface area (Å²) in [6, 6.07) is 13.6. The number of benzene rings is 2. The number of rotatable bonds is 10. The number of unbranched alkanes of at least 4 members (excludes halogenated alkanes) is 1. The van der Waals surface area contributed by atoms with Gasteiger partial charge in [0.05, 0.1) is 10.5 Å². The third-order valence-corrected chi connectivity index (χ3v) is 5.98. The van der Waals surface area contributed by atoms with Gasteiger partial charge in [0.1, 0.15) is 5.70 Å². The monoisotopic (exact) mass is 449 g/mol. The molecule has 2 aliphatic rings. The molecule has 0 bridgehead atoms. The van der Waals surface area contributed by atoms with Crippen molar-refractivity contribution in [2.24, 2.45) is 0 Å². The first-order valence-electron chi connectivity index (χ1n) is 11.3. The number of nitro benzene ring substituents is 1. The van der Waals surface area contributed by atoms with Gasteiger partial charge in [-0.25, -0.2) is 0 Å². The number of nitrogens with zero attached hydrogens (tertiary/aromatic N) is 3. The Morgan fingerprint density at radius 1 is 1.00 bits per heavy atom. The molecule has 8 heteroatoms. The maximum Gasteiger partial charge on any atom is 0.278 e. The number of amides is 2. The fourth-order valence-corrected chi connectivity index (χ4v) is 4.27. The first-order chi connectivity index (χ1) is 16.0. The number of carbonyl (C=O) groups is 2. The summed E-state index contributed by atoms with van der Waals surface area (Å²) in [5, 5.41) is 11.1.